The third-order valence-electron chi connectivity index (χ3n) is 6.96. The normalized spacial score (nSPS) is 20.5. The zero-order chi connectivity index (χ0) is 28.3. The van der Waals surface area contributed by atoms with Gasteiger partial charge in [-0.2, -0.15) is 13.2 Å². The van der Waals surface area contributed by atoms with Gasteiger partial charge in [0.25, 0.3) is 0 Å². The predicted molar refractivity (Wildman–Crippen MR) is 149 cm³/mol. The van der Waals surface area contributed by atoms with Gasteiger partial charge in [-0.05, 0) is 53.6 Å². The van der Waals surface area contributed by atoms with E-state index >= 15 is 0 Å². The molecule has 0 aliphatic carbocycles. The van der Waals surface area contributed by atoms with Crippen LogP contribution < -0.4 is 9.77 Å². The molecular formula is C28H17Cl2F3N2O3S2. The summed E-state index contributed by atoms with van der Waals surface area (Å²) < 4.78 is 41.9. The van der Waals surface area contributed by atoms with E-state index in [0.29, 0.717) is 25.5 Å². The van der Waals surface area contributed by atoms with Gasteiger partial charge in [-0.15, -0.1) is 0 Å². The molecule has 6 rings (SSSR count). The van der Waals surface area contributed by atoms with Gasteiger partial charge in [0.2, 0.25) is 11.8 Å². The molecule has 3 atom stereocenters. The van der Waals surface area contributed by atoms with Crippen molar-refractivity contribution in [2.45, 2.75) is 28.9 Å². The smallest absolute Gasteiger partial charge is 0.289 e. The summed E-state index contributed by atoms with van der Waals surface area (Å²) >= 11 is 14.2. The monoisotopic (exact) mass is 620 g/mol. The van der Waals surface area contributed by atoms with Gasteiger partial charge in [-0.3, -0.25) is 19.0 Å². The van der Waals surface area contributed by atoms with Crippen molar-refractivity contribution >= 4 is 63.8 Å². The SMILES string of the molecule is O=C1[C@@H]2[C@H](c3ccc(Cl)cc3)c3sc(=O)n(Cc4ccc(Cl)cc4)c3S[C@H]2C(=O)N1c1cccc(C(F)(F)F)c1. The Morgan fingerprint density at radius 2 is 1.50 bits per heavy atom. The Morgan fingerprint density at radius 1 is 0.850 bits per heavy atom. The van der Waals surface area contributed by atoms with Gasteiger partial charge in [0, 0.05) is 20.8 Å². The Morgan fingerprint density at radius 3 is 2.15 bits per heavy atom. The first-order valence-electron chi connectivity index (χ1n) is 12.0. The average molecular weight is 621 g/mol. The number of imide groups is 1. The van der Waals surface area contributed by atoms with Gasteiger partial charge in [0.15, 0.2) is 0 Å². The lowest BCUT2D eigenvalue weighted by Crippen LogP contribution is -2.32. The van der Waals surface area contributed by atoms with Crippen LogP contribution in [0.3, 0.4) is 0 Å². The summed E-state index contributed by atoms with van der Waals surface area (Å²) in [6.45, 7) is 0.221. The highest BCUT2D eigenvalue weighted by Crippen LogP contribution is 2.54. The van der Waals surface area contributed by atoms with E-state index in [1.807, 2.05) is 0 Å². The van der Waals surface area contributed by atoms with Crippen molar-refractivity contribution in [1.82, 2.24) is 4.57 Å². The number of carbonyl (C=O) groups excluding carboxylic acids is 2. The van der Waals surface area contributed by atoms with Crippen molar-refractivity contribution in [3.63, 3.8) is 0 Å². The number of alkyl halides is 3. The van der Waals surface area contributed by atoms with E-state index in [4.69, 9.17) is 23.2 Å². The summed E-state index contributed by atoms with van der Waals surface area (Å²) in [5.41, 5.74) is 0.389. The molecule has 0 spiro atoms. The molecule has 1 fully saturated rings. The quantitative estimate of drug-likeness (QED) is 0.229. The number of fused-ring (bicyclic) bond motifs is 2. The number of rotatable bonds is 4. The van der Waals surface area contributed by atoms with Crippen LogP contribution in [-0.2, 0) is 22.3 Å². The van der Waals surface area contributed by atoms with E-state index in [1.54, 1.807) is 53.1 Å². The van der Waals surface area contributed by atoms with Crippen molar-refractivity contribution < 1.29 is 22.8 Å². The number of hydrogen-bond donors (Lipinski definition) is 0. The van der Waals surface area contributed by atoms with E-state index in [9.17, 15) is 27.6 Å². The number of nitrogens with zero attached hydrogens (tertiary/aromatic N) is 2. The fourth-order valence-corrected chi connectivity index (χ4v) is 8.16. The second-order valence-corrected chi connectivity index (χ2v) is 12.4. The number of benzene rings is 3. The maximum Gasteiger partial charge on any atom is 0.416 e. The van der Waals surface area contributed by atoms with Gasteiger partial charge in [-0.25, -0.2) is 4.90 Å². The second-order valence-electron chi connectivity index (χ2n) is 9.40. The third kappa shape index (κ3) is 4.66. The van der Waals surface area contributed by atoms with E-state index in [1.165, 1.54) is 12.1 Å². The summed E-state index contributed by atoms with van der Waals surface area (Å²) in [6, 6.07) is 18.0. The number of carbonyl (C=O) groups is 2. The Balaban J connectivity index is 1.47. The van der Waals surface area contributed by atoms with Gasteiger partial charge in [-0.1, -0.05) is 76.6 Å². The molecular weight excluding hydrogens is 604 g/mol. The molecule has 2 amide bonds. The molecule has 12 heteroatoms. The van der Waals surface area contributed by atoms with Gasteiger partial charge in [0.05, 0.1) is 28.7 Å². The van der Waals surface area contributed by atoms with Crippen LogP contribution in [0.4, 0.5) is 18.9 Å². The maximum absolute atomic E-state index is 13.9. The Labute approximate surface area is 244 Å². The summed E-state index contributed by atoms with van der Waals surface area (Å²) in [6.07, 6.45) is -4.64. The Kier molecular flexibility index (Phi) is 6.85. The van der Waals surface area contributed by atoms with E-state index < -0.39 is 40.6 Å². The van der Waals surface area contributed by atoms with Crippen LogP contribution in [0, 0.1) is 5.92 Å². The lowest BCUT2D eigenvalue weighted by Gasteiger charge is -2.30. The standard InChI is InChI=1S/C28H17Cl2F3N2O3S2/c29-17-8-4-14(5-9-17)13-34-26-23(40-27(34)38)20(15-6-10-18(30)11-7-15)21-22(39-26)25(37)35(24(21)36)19-3-1-2-16(12-19)28(31,32)33/h1-12,20-22H,13H2/t20-,21+,22+/m0/s1. The molecule has 0 saturated carbocycles. The van der Waals surface area contributed by atoms with Crippen LogP contribution in [0.2, 0.25) is 10.0 Å². The summed E-state index contributed by atoms with van der Waals surface area (Å²) in [4.78, 5) is 42.1. The van der Waals surface area contributed by atoms with E-state index in [0.717, 1.165) is 45.7 Å². The molecule has 0 N–H and O–H groups in total. The first-order valence-corrected chi connectivity index (χ1v) is 14.4. The minimum atomic E-state index is -4.64. The molecule has 5 nitrogen and oxygen atoms in total. The molecule has 0 unspecified atom stereocenters. The van der Waals surface area contributed by atoms with Crippen molar-refractivity contribution in [2.24, 2.45) is 5.92 Å². The minimum Gasteiger partial charge on any atom is -0.289 e. The maximum atomic E-state index is 13.9. The van der Waals surface area contributed by atoms with Crippen LogP contribution in [0.15, 0.2) is 82.6 Å². The van der Waals surface area contributed by atoms with Crippen molar-refractivity contribution in [1.29, 1.82) is 0 Å². The number of aromatic nitrogens is 1. The average Bonchev–Trinajstić information content (AvgIpc) is 3.36. The highest BCUT2D eigenvalue weighted by atomic mass is 35.5. The number of hydrogen-bond acceptors (Lipinski definition) is 5. The lowest BCUT2D eigenvalue weighted by atomic mass is 9.83. The minimum absolute atomic E-state index is 0.142. The third-order valence-corrected chi connectivity index (χ3v) is 10.1. The van der Waals surface area contributed by atoms with Crippen molar-refractivity contribution in [3.8, 4) is 0 Å². The topological polar surface area (TPSA) is 59.4 Å². The number of thioether (sulfide) groups is 1. The van der Waals surface area contributed by atoms with Crippen LogP contribution in [0.1, 0.15) is 27.5 Å². The Hall–Kier alpha value is -3.05. The fraction of sp³-hybridized carbons (Fsp3) is 0.179. The van der Waals surface area contributed by atoms with E-state index in [-0.39, 0.29) is 17.1 Å². The molecule has 4 aromatic rings. The summed E-state index contributed by atoms with van der Waals surface area (Å²) in [7, 11) is 0. The Bertz CT molecular complexity index is 1700. The molecule has 0 bridgehead atoms. The first-order chi connectivity index (χ1) is 19.0. The summed E-state index contributed by atoms with van der Waals surface area (Å²) in [5, 5.41) is 0.630. The van der Waals surface area contributed by atoms with Gasteiger partial charge >= 0.3 is 11.0 Å². The van der Waals surface area contributed by atoms with Crippen LogP contribution >= 0.6 is 46.3 Å². The first kappa shape index (κ1) is 27.1. The summed E-state index contributed by atoms with van der Waals surface area (Å²) in [5.74, 6) is -2.84. The lowest BCUT2D eigenvalue weighted by molar-refractivity contribution is -0.137. The van der Waals surface area contributed by atoms with Gasteiger partial charge < -0.3 is 0 Å². The molecule has 1 saturated heterocycles. The molecule has 0 radical (unpaired) electrons. The molecule has 204 valence electrons. The second kappa shape index (κ2) is 10.1. The van der Waals surface area contributed by atoms with Crippen molar-refractivity contribution in [3.05, 3.63) is 114 Å². The number of halogens is 5. The molecule has 2 aliphatic heterocycles. The molecule has 2 aliphatic rings. The number of anilines is 1. The molecule has 3 heterocycles. The molecule has 1 aromatic heterocycles. The largest absolute Gasteiger partial charge is 0.416 e. The zero-order valence-corrected chi connectivity index (χ0v) is 23.3. The number of amides is 2. The zero-order valence-electron chi connectivity index (χ0n) is 20.2. The van der Waals surface area contributed by atoms with Crippen LogP contribution in [0.25, 0.3) is 0 Å². The van der Waals surface area contributed by atoms with Crippen LogP contribution in [-0.4, -0.2) is 21.6 Å². The molecule has 40 heavy (non-hydrogen) atoms. The predicted octanol–water partition coefficient (Wildman–Crippen LogP) is 7.08. The number of thiazole rings is 1. The highest BCUT2D eigenvalue weighted by molar-refractivity contribution is 8.00. The molecule has 3 aromatic carbocycles. The van der Waals surface area contributed by atoms with E-state index in [2.05, 4.69) is 0 Å². The van der Waals surface area contributed by atoms with Crippen LogP contribution in [0.5, 0.6) is 0 Å². The van der Waals surface area contributed by atoms with Crippen molar-refractivity contribution in [2.75, 3.05) is 4.90 Å². The fourth-order valence-electron chi connectivity index (χ4n) is 5.13. The van der Waals surface area contributed by atoms with Gasteiger partial charge in [0.1, 0.15) is 5.25 Å². The highest BCUT2D eigenvalue weighted by Gasteiger charge is 2.57.